The minimum atomic E-state index is -0.496. The lowest BCUT2D eigenvalue weighted by Gasteiger charge is -2.10. The maximum atomic E-state index is 12.5. The predicted octanol–water partition coefficient (Wildman–Crippen LogP) is 0.849. The van der Waals surface area contributed by atoms with E-state index in [1.54, 1.807) is 32.4 Å². The molecule has 0 saturated carbocycles. The molecule has 0 bridgehead atoms. The van der Waals surface area contributed by atoms with Crippen LogP contribution < -0.4 is 15.6 Å². The van der Waals surface area contributed by atoms with Crippen LogP contribution in [0.15, 0.2) is 22.3 Å². The van der Waals surface area contributed by atoms with Crippen LogP contribution in [-0.4, -0.2) is 54.9 Å². The topological polar surface area (TPSA) is 109 Å². The maximum absolute atomic E-state index is 12.5. The van der Waals surface area contributed by atoms with Gasteiger partial charge in [-0.3, -0.25) is 19.0 Å². The summed E-state index contributed by atoms with van der Waals surface area (Å²) in [6.07, 6.45) is 0.00190. The Labute approximate surface area is 166 Å². The molecular weight excluding hydrogens is 386 g/mol. The van der Waals surface area contributed by atoms with Crippen molar-refractivity contribution >= 4 is 23.2 Å². The highest BCUT2D eigenvalue weighted by Crippen LogP contribution is 2.18. The van der Waals surface area contributed by atoms with Crippen LogP contribution in [0.3, 0.4) is 0 Å². The zero-order chi connectivity index (χ0) is 20.5. The minimum Gasteiger partial charge on any atom is -0.491 e. The number of methoxy groups -OCH3 is 1. The molecule has 0 aliphatic heterocycles. The van der Waals surface area contributed by atoms with Gasteiger partial charge in [0.05, 0.1) is 25.3 Å². The fraction of sp³-hybridized carbons (Fsp3) is 0.444. The number of ether oxygens (including phenoxy) is 3. The number of nitrogens with one attached hydrogen (secondary N) is 1. The van der Waals surface area contributed by atoms with Gasteiger partial charge in [-0.25, -0.2) is 4.98 Å². The van der Waals surface area contributed by atoms with Crippen molar-refractivity contribution in [2.75, 3.05) is 33.5 Å². The van der Waals surface area contributed by atoms with Gasteiger partial charge in [-0.2, -0.15) is 0 Å². The number of hydrogen-bond acceptors (Lipinski definition) is 8. The van der Waals surface area contributed by atoms with Crippen molar-refractivity contribution < 1.29 is 23.8 Å². The van der Waals surface area contributed by atoms with Gasteiger partial charge in [0, 0.05) is 30.3 Å². The predicted molar refractivity (Wildman–Crippen MR) is 103 cm³/mol. The third-order valence-electron chi connectivity index (χ3n) is 3.55. The Bertz CT molecular complexity index is 876. The number of pyridine rings is 1. The zero-order valence-electron chi connectivity index (χ0n) is 16.0. The van der Waals surface area contributed by atoms with E-state index in [-0.39, 0.29) is 31.0 Å². The Morgan fingerprint density at radius 1 is 1.29 bits per heavy atom. The van der Waals surface area contributed by atoms with Crippen LogP contribution in [0, 0.1) is 6.92 Å². The average Bonchev–Trinajstić information content (AvgIpc) is 3.08. The normalized spacial score (nSPS) is 10.5. The minimum absolute atomic E-state index is 0.00190. The molecule has 0 aliphatic rings. The number of amides is 1. The van der Waals surface area contributed by atoms with Crippen molar-refractivity contribution in [3.05, 3.63) is 39.3 Å². The molecule has 2 rings (SSSR count). The van der Waals surface area contributed by atoms with E-state index < -0.39 is 5.97 Å². The number of hydrogen-bond donors (Lipinski definition) is 1. The zero-order valence-corrected chi connectivity index (χ0v) is 16.8. The molecule has 28 heavy (non-hydrogen) atoms. The van der Waals surface area contributed by atoms with Gasteiger partial charge < -0.3 is 19.5 Å². The quantitative estimate of drug-likeness (QED) is 0.458. The van der Waals surface area contributed by atoms with Gasteiger partial charge in [-0.15, -0.1) is 11.3 Å². The second kappa shape index (κ2) is 10.6. The number of nitrogens with zero attached hydrogens (tertiary/aromatic N) is 2. The largest absolute Gasteiger partial charge is 0.491 e. The lowest BCUT2D eigenvalue weighted by atomic mass is 10.3. The second-order valence-corrected chi connectivity index (χ2v) is 6.56. The van der Waals surface area contributed by atoms with Crippen LogP contribution in [0.2, 0.25) is 0 Å². The first-order chi connectivity index (χ1) is 13.4. The number of thiazole rings is 1. The first kappa shape index (κ1) is 21.6. The highest BCUT2D eigenvalue weighted by Gasteiger charge is 2.13. The summed E-state index contributed by atoms with van der Waals surface area (Å²) in [5.74, 6) is -0.383. The number of aromatic nitrogens is 2. The Morgan fingerprint density at radius 3 is 2.75 bits per heavy atom. The Morgan fingerprint density at radius 2 is 2.07 bits per heavy atom. The van der Waals surface area contributed by atoms with Crippen LogP contribution in [0.25, 0.3) is 5.13 Å². The SMILES string of the molecule is CCOC(=O)CNC(=O)Cc1csc(-n2c(C)cc(OCCOC)cc2=O)n1. The number of esters is 1. The molecule has 2 heterocycles. The fourth-order valence-corrected chi connectivity index (χ4v) is 3.22. The van der Waals surface area contributed by atoms with E-state index in [1.807, 2.05) is 0 Å². The van der Waals surface area contributed by atoms with E-state index in [2.05, 4.69) is 10.3 Å². The van der Waals surface area contributed by atoms with E-state index in [0.717, 1.165) is 0 Å². The first-order valence-electron chi connectivity index (χ1n) is 8.67. The highest BCUT2D eigenvalue weighted by molar-refractivity contribution is 7.12. The van der Waals surface area contributed by atoms with Gasteiger partial charge in [0.2, 0.25) is 5.91 Å². The summed E-state index contributed by atoms with van der Waals surface area (Å²) < 4.78 is 16.6. The standard InChI is InChI=1S/C18H23N3O6S/c1-4-26-17(24)10-19-15(22)8-13-11-28-18(20-13)21-12(2)7-14(9-16(21)23)27-6-5-25-3/h7,9,11H,4-6,8,10H2,1-3H3,(H,19,22). The maximum Gasteiger partial charge on any atom is 0.325 e. The van der Waals surface area contributed by atoms with Crippen LogP contribution in [0.4, 0.5) is 0 Å². The van der Waals surface area contributed by atoms with Crippen LogP contribution >= 0.6 is 11.3 Å². The fourth-order valence-electron chi connectivity index (χ4n) is 2.33. The van der Waals surface area contributed by atoms with E-state index in [9.17, 15) is 14.4 Å². The summed E-state index contributed by atoms with van der Waals surface area (Å²) in [7, 11) is 1.57. The van der Waals surface area contributed by atoms with Crippen molar-refractivity contribution in [3.63, 3.8) is 0 Å². The third-order valence-corrected chi connectivity index (χ3v) is 4.43. The van der Waals surface area contributed by atoms with Gasteiger partial charge in [-0.05, 0) is 13.8 Å². The van der Waals surface area contributed by atoms with E-state index in [0.29, 0.717) is 35.5 Å². The van der Waals surface area contributed by atoms with Crippen LogP contribution in [-0.2, 0) is 25.5 Å². The second-order valence-electron chi connectivity index (χ2n) is 5.73. The average molecular weight is 409 g/mol. The Balaban J connectivity index is 2.04. The molecule has 0 fully saturated rings. The molecule has 9 nitrogen and oxygen atoms in total. The molecule has 2 aromatic heterocycles. The summed E-state index contributed by atoms with van der Waals surface area (Å²) in [6.45, 7) is 4.32. The van der Waals surface area contributed by atoms with Gasteiger partial charge >= 0.3 is 5.97 Å². The molecule has 0 aromatic carbocycles. The lowest BCUT2D eigenvalue weighted by Crippen LogP contribution is -2.31. The summed E-state index contributed by atoms with van der Waals surface area (Å²) in [4.78, 5) is 40.0. The molecule has 0 radical (unpaired) electrons. The Hall–Kier alpha value is -2.72. The summed E-state index contributed by atoms with van der Waals surface area (Å²) in [5.41, 5.74) is 0.890. The van der Waals surface area contributed by atoms with Crippen molar-refractivity contribution in [3.8, 4) is 10.9 Å². The lowest BCUT2D eigenvalue weighted by molar-refractivity contribution is -0.143. The number of carbonyl (C=O) groups excluding carboxylic acids is 2. The van der Waals surface area contributed by atoms with Crippen LogP contribution in [0.1, 0.15) is 18.3 Å². The van der Waals surface area contributed by atoms with E-state index >= 15 is 0 Å². The smallest absolute Gasteiger partial charge is 0.325 e. The number of aryl methyl sites for hydroxylation is 1. The summed E-state index contributed by atoms with van der Waals surface area (Å²) in [6, 6.07) is 3.12. The molecule has 0 saturated heterocycles. The van der Waals surface area contributed by atoms with E-state index in [1.165, 1.54) is 22.0 Å². The monoisotopic (exact) mass is 409 g/mol. The van der Waals surface area contributed by atoms with Gasteiger partial charge in [-0.1, -0.05) is 0 Å². The summed E-state index contributed by atoms with van der Waals surface area (Å²) >= 11 is 1.25. The Kier molecular flexibility index (Phi) is 8.15. The van der Waals surface area contributed by atoms with Crippen molar-refractivity contribution in [2.45, 2.75) is 20.3 Å². The molecule has 152 valence electrons. The summed E-state index contributed by atoms with van der Waals surface area (Å²) in [5, 5.41) is 4.64. The molecule has 1 N–H and O–H groups in total. The first-order valence-corrected chi connectivity index (χ1v) is 9.55. The van der Waals surface area contributed by atoms with E-state index in [4.69, 9.17) is 14.2 Å². The third kappa shape index (κ3) is 6.17. The van der Waals surface area contributed by atoms with Crippen molar-refractivity contribution in [1.29, 1.82) is 0 Å². The molecule has 0 unspecified atom stereocenters. The van der Waals surface area contributed by atoms with Gasteiger partial charge in [0.15, 0.2) is 5.13 Å². The molecule has 2 aromatic rings. The molecule has 10 heteroatoms. The molecular formula is C18H23N3O6S. The van der Waals surface area contributed by atoms with Gasteiger partial charge in [0.1, 0.15) is 18.9 Å². The molecule has 0 atom stereocenters. The van der Waals surface area contributed by atoms with Crippen molar-refractivity contribution in [2.24, 2.45) is 0 Å². The van der Waals surface area contributed by atoms with Gasteiger partial charge in [0.25, 0.3) is 5.56 Å². The number of carbonyl (C=O) groups is 2. The van der Waals surface area contributed by atoms with Crippen molar-refractivity contribution in [1.82, 2.24) is 14.9 Å². The molecule has 0 aliphatic carbocycles. The molecule has 0 spiro atoms. The van der Waals surface area contributed by atoms with Crippen LogP contribution in [0.5, 0.6) is 5.75 Å². The molecule has 1 amide bonds. The highest BCUT2D eigenvalue weighted by atomic mass is 32.1. The number of rotatable bonds is 10.